The number of nitro groups is 1. The van der Waals surface area contributed by atoms with Crippen LogP contribution in [-0.4, -0.2) is 22.3 Å². The second-order valence-electron chi connectivity index (χ2n) is 4.85. The van der Waals surface area contributed by atoms with Crippen LogP contribution in [-0.2, 0) is 11.3 Å². The standard InChI is InChI=1S/C13H15ClN2O3/c1-9-3-2-6-15(13(9)17)8-10-4-5-11(14)12(7-10)16(18)19/h4-5,7,9H,2-3,6,8H2,1H3. The molecule has 0 saturated carbocycles. The summed E-state index contributed by atoms with van der Waals surface area (Å²) in [6.07, 6.45) is 1.89. The van der Waals surface area contributed by atoms with Gasteiger partial charge in [0.05, 0.1) is 4.92 Å². The van der Waals surface area contributed by atoms with Crippen molar-refractivity contribution in [1.82, 2.24) is 4.90 Å². The van der Waals surface area contributed by atoms with Crippen molar-refractivity contribution >= 4 is 23.2 Å². The Balaban J connectivity index is 2.17. The van der Waals surface area contributed by atoms with Crippen molar-refractivity contribution in [3.8, 4) is 0 Å². The average molecular weight is 283 g/mol. The molecule has 1 saturated heterocycles. The van der Waals surface area contributed by atoms with E-state index in [1.54, 1.807) is 11.0 Å². The summed E-state index contributed by atoms with van der Waals surface area (Å²) >= 11 is 5.76. The van der Waals surface area contributed by atoms with Gasteiger partial charge in [-0.1, -0.05) is 24.6 Å². The fourth-order valence-corrected chi connectivity index (χ4v) is 2.49. The molecule has 1 aromatic rings. The number of carbonyl (C=O) groups is 1. The van der Waals surface area contributed by atoms with Gasteiger partial charge >= 0.3 is 0 Å². The zero-order chi connectivity index (χ0) is 14.0. The van der Waals surface area contributed by atoms with Gasteiger partial charge in [-0.2, -0.15) is 0 Å². The van der Waals surface area contributed by atoms with E-state index in [2.05, 4.69) is 0 Å². The van der Waals surface area contributed by atoms with Crippen LogP contribution in [0, 0.1) is 16.0 Å². The van der Waals surface area contributed by atoms with Gasteiger partial charge in [-0.3, -0.25) is 14.9 Å². The number of piperidine rings is 1. The van der Waals surface area contributed by atoms with Crippen molar-refractivity contribution in [3.05, 3.63) is 38.9 Å². The molecule has 1 fully saturated rings. The summed E-state index contributed by atoms with van der Waals surface area (Å²) in [5.74, 6) is 0.153. The van der Waals surface area contributed by atoms with E-state index in [-0.39, 0.29) is 22.5 Å². The molecule has 19 heavy (non-hydrogen) atoms. The first-order chi connectivity index (χ1) is 8.99. The summed E-state index contributed by atoms with van der Waals surface area (Å²) in [4.78, 5) is 24.0. The summed E-state index contributed by atoms with van der Waals surface area (Å²) in [5, 5.41) is 10.9. The third-order valence-corrected chi connectivity index (χ3v) is 3.70. The lowest BCUT2D eigenvalue weighted by Crippen LogP contribution is -2.39. The van der Waals surface area contributed by atoms with Gasteiger partial charge in [-0.25, -0.2) is 0 Å². The second-order valence-corrected chi connectivity index (χ2v) is 5.25. The Bertz CT molecular complexity index is 519. The maximum Gasteiger partial charge on any atom is 0.288 e. The first-order valence-corrected chi connectivity index (χ1v) is 6.58. The first kappa shape index (κ1) is 13.8. The maximum absolute atomic E-state index is 12.0. The lowest BCUT2D eigenvalue weighted by Gasteiger charge is -2.30. The van der Waals surface area contributed by atoms with E-state index in [1.165, 1.54) is 12.1 Å². The van der Waals surface area contributed by atoms with E-state index >= 15 is 0 Å². The molecule has 102 valence electrons. The molecule has 0 aromatic heterocycles. The van der Waals surface area contributed by atoms with Crippen LogP contribution in [0.25, 0.3) is 0 Å². The molecule has 1 aliphatic rings. The molecule has 1 amide bonds. The number of nitro benzene ring substituents is 1. The molecule has 0 N–H and O–H groups in total. The zero-order valence-electron chi connectivity index (χ0n) is 10.6. The summed E-state index contributed by atoms with van der Waals surface area (Å²) in [7, 11) is 0. The molecule has 1 aromatic carbocycles. The highest BCUT2D eigenvalue weighted by molar-refractivity contribution is 6.32. The van der Waals surface area contributed by atoms with Gasteiger partial charge in [0.2, 0.25) is 5.91 Å². The Morgan fingerprint density at radius 2 is 2.26 bits per heavy atom. The minimum atomic E-state index is -0.507. The van der Waals surface area contributed by atoms with Crippen LogP contribution in [0.1, 0.15) is 25.3 Å². The molecule has 5 nitrogen and oxygen atoms in total. The Kier molecular flexibility index (Phi) is 4.04. The molecule has 6 heteroatoms. The summed E-state index contributed by atoms with van der Waals surface area (Å²) in [5.41, 5.74) is 0.621. The molecule has 0 aliphatic carbocycles. The molecular formula is C13H15ClN2O3. The van der Waals surface area contributed by atoms with E-state index in [4.69, 9.17) is 11.6 Å². The quantitative estimate of drug-likeness (QED) is 0.632. The number of hydrogen-bond donors (Lipinski definition) is 0. The van der Waals surface area contributed by atoms with Crippen LogP contribution in [0.15, 0.2) is 18.2 Å². The van der Waals surface area contributed by atoms with E-state index in [0.29, 0.717) is 13.1 Å². The van der Waals surface area contributed by atoms with Gasteiger partial charge in [0.1, 0.15) is 5.02 Å². The number of hydrogen-bond acceptors (Lipinski definition) is 3. The minimum absolute atomic E-state index is 0.0380. The van der Waals surface area contributed by atoms with Crippen LogP contribution in [0.2, 0.25) is 5.02 Å². The fraction of sp³-hybridized carbons (Fsp3) is 0.462. The number of carbonyl (C=O) groups excluding carboxylic acids is 1. The van der Waals surface area contributed by atoms with E-state index in [1.807, 2.05) is 6.92 Å². The van der Waals surface area contributed by atoms with Crippen LogP contribution < -0.4 is 0 Å². The molecule has 1 aliphatic heterocycles. The summed E-state index contributed by atoms with van der Waals surface area (Å²) < 4.78 is 0. The zero-order valence-corrected chi connectivity index (χ0v) is 11.4. The molecule has 0 spiro atoms. The lowest BCUT2D eigenvalue weighted by molar-refractivity contribution is -0.384. The third kappa shape index (κ3) is 3.04. The van der Waals surface area contributed by atoms with Gasteiger partial charge in [-0.05, 0) is 24.5 Å². The molecule has 0 bridgehead atoms. The molecule has 2 rings (SSSR count). The van der Waals surface area contributed by atoms with Gasteiger partial charge in [0, 0.05) is 25.1 Å². The molecule has 1 atom stereocenters. The van der Waals surface area contributed by atoms with E-state index in [9.17, 15) is 14.9 Å². The smallest absolute Gasteiger partial charge is 0.288 e. The third-order valence-electron chi connectivity index (χ3n) is 3.38. The maximum atomic E-state index is 12.0. The van der Waals surface area contributed by atoms with Crippen molar-refractivity contribution in [1.29, 1.82) is 0 Å². The highest BCUT2D eigenvalue weighted by Crippen LogP contribution is 2.26. The lowest BCUT2D eigenvalue weighted by atomic mass is 9.98. The van der Waals surface area contributed by atoms with Gasteiger partial charge in [0.25, 0.3) is 5.69 Å². The average Bonchev–Trinajstić information content (AvgIpc) is 2.37. The van der Waals surface area contributed by atoms with E-state index < -0.39 is 4.92 Å². The number of nitrogens with zero attached hydrogens (tertiary/aromatic N) is 2. The first-order valence-electron chi connectivity index (χ1n) is 6.20. The van der Waals surface area contributed by atoms with Gasteiger partial charge in [-0.15, -0.1) is 0 Å². The number of rotatable bonds is 3. The number of amides is 1. The van der Waals surface area contributed by atoms with E-state index in [0.717, 1.165) is 18.4 Å². The normalized spacial score (nSPS) is 19.6. The predicted octanol–water partition coefficient (Wildman–Crippen LogP) is 3.01. The Morgan fingerprint density at radius 1 is 1.53 bits per heavy atom. The van der Waals surface area contributed by atoms with Crippen molar-refractivity contribution in [2.24, 2.45) is 5.92 Å². The molecule has 1 unspecified atom stereocenters. The Hall–Kier alpha value is -1.62. The van der Waals surface area contributed by atoms with Gasteiger partial charge < -0.3 is 4.90 Å². The monoisotopic (exact) mass is 282 g/mol. The van der Waals surface area contributed by atoms with Crippen molar-refractivity contribution in [3.63, 3.8) is 0 Å². The Morgan fingerprint density at radius 3 is 2.95 bits per heavy atom. The summed E-state index contributed by atoms with van der Waals surface area (Å²) in [6, 6.07) is 4.67. The van der Waals surface area contributed by atoms with Crippen LogP contribution in [0.5, 0.6) is 0 Å². The molecule has 1 heterocycles. The van der Waals surface area contributed by atoms with Crippen molar-refractivity contribution < 1.29 is 9.72 Å². The predicted molar refractivity (Wildman–Crippen MR) is 71.9 cm³/mol. The van der Waals surface area contributed by atoms with Gasteiger partial charge in [0.15, 0.2) is 0 Å². The Labute approximate surface area is 116 Å². The topological polar surface area (TPSA) is 63.4 Å². The van der Waals surface area contributed by atoms with Crippen molar-refractivity contribution in [2.45, 2.75) is 26.3 Å². The SMILES string of the molecule is CC1CCCN(Cc2ccc(Cl)c([N+](=O)[O-])c2)C1=O. The largest absolute Gasteiger partial charge is 0.338 e. The molecule has 0 radical (unpaired) electrons. The fourth-order valence-electron chi connectivity index (χ4n) is 2.31. The highest BCUT2D eigenvalue weighted by Gasteiger charge is 2.25. The van der Waals surface area contributed by atoms with Crippen LogP contribution in [0.4, 0.5) is 5.69 Å². The van der Waals surface area contributed by atoms with Crippen molar-refractivity contribution in [2.75, 3.05) is 6.54 Å². The number of halogens is 1. The summed E-state index contributed by atoms with van der Waals surface area (Å²) in [6.45, 7) is 3.03. The highest BCUT2D eigenvalue weighted by atomic mass is 35.5. The molecular weight excluding hydrogens is 268 g/mol. The minimum Gasteiger partial charge on any atom is -0.338 e. The van der Waals surface area contributed by atoms with Crippen LogP contribution >= 0.6 is 11.6 Å². The van der Waals surface area contributed by atoms with Crippen LogP contribution in [0.3, 0.4) is 0 Å². The number of benzene rings is 1. The number of likely N-dealkylation sites (tertiary alicyclic amines) is 1. The second kappa shape index (κ2) is 5.57.